The smallest absolute Gasteiger partial charge is 0.0521 e. The third kappa shape index (κ3) is 5.10. The van der Waals surface area contributed by atoms with Crippen molar-refractivity contribution in [2.45, 2.75) is 19.3 Å². The van der Waals surface area contributed by atoms with Crippen molar-refractivity contribution < 1.29 is 4.74 Å². The van der Waals surface area contributed by atoms with Gasteiger partial charge in [-0.15, -0.1) is 0 Å². The number of hydrogen-bond acceptors (Lipinski definition) is 3. The highest BCUT2D eigenvalue weighted by molar-refractivity contribution is 5.39. The average molecular weight is 256 g/mol. The van der Waals surface area contributed by atoms with Gasteiger partial charge in [0.1, 0.15) is 0 Å². The van der Waals surface area contributed by atoms with Gasteiger partial charge in [-0.1, -0.05) is 18.2 Å². The lowest BCUT2D eigenvalue weighted by molar-refractivity contribution is 0.134. The van der Waals surface area contributed by atoms with E-state index in [9.17, 15) is 0 Å². The maximum atomic E-state index is 5.65. The third-order valence-corrected chi connectivity index (χ3v) is 2.96. The first-order chi connectivity index (χ1) is 9.34. The van der Waals surface area contributed by atoms with Crippen LogP contribution in [0.4, 0.5) is 5.69 Å². The molecule has 2 rings (SSSR count). The number of ether oxygens (including phenoxy) is 1. The van der Waals surface area contributed by atoms with Crippen LogP contribution in [0.1, 0.15) is 17.7 Å². The van der Waals surface area contributed by atoms with Crippen molar-refractivity contribution in [2.75, 3.05) is 18.9 Å². The molecule has 1 heterocycles. The molecule has 2 N–H and O–H groups in total. The van der Waals surface area contributed by atoms with E-state index in [0.717, 1.165) is 43.9 Å². The lowest BCUT2D eigenvalue weighted by Gasteiger charge is -2.04. The van der Waals surface area contributed by atoms with Crippen molar-refractivity contribution in [3.05, 3.63) is 59.9 Å². The molecule has 0 spiro atoms. The van der Waals surface area contributed by atoms with Crippen LogP contribution in [0.25, 0.3) is 0 Å². The van der Waals surface area contributed by atoms with Gasteiger partial charge in [0.15, 0.2) is 0 Å². The lowest BCUT2D eigenvalue weighted by atomic mass is 10.1. The second-order valence-corrected chi connectivity index (χ2v) is 4.53. The summed E-state index contributed by atoms with van der Waals surface area (Å²) in [4.78, 5) is 4.26. The Labute approximate surface area is 114 Å². The molecule has 0 atom stereocenters. The summed E-state index contributed by atoms with van der Waals surface area (Å²) in [7, 11) is 0. The first-order valence-corrected chi connectivity index (χ1v) is 6.66. The molecule has 1 aromatic heterocycles. The van der Waals surface area contributed by atoms with Crippen LogP contribution >= 0.6 is 0 Å². The Balaban J connectivity index is 1.56. The SMILES string of the molecule is Nc1ccc(CCCOCCc2ccccn2)cc1. The zero-order valence-corrected chi connectivity index (χ0v) is 11.1. The number of hydrogen-bond donors (Lipinski definition) is 1. The fourth-order valence-electron chi connectivity index (χ4n) is 1.89. The Kier molecular flexibility index (Phi) is 5.38. The third-order valence-electron chi connectivity index (χ3n) is 2.96. The first kappa shape index (κ1) is 13.6. The molecule has 0 aliphatic carbocycles. The molecular formula is C16H20N2O. The maximum absolute atomic E-state index is 5.65. The van der Waals surface area contributed by atoms with Crippen LogP contribution in [0.2, 0.25) is 0 Å². The number of anilines is 1. The van der Waals surface area contributed by atoms with Crippen LogP contribution in [-0.4, -0.2) is 18.2 Å². The second-order valence-electron chi connectivity index (χ2n) is 4.53. The Morgan fingerprint density at radius 1 is 0.947 bits per heavy atom. The number of benzene rings is 1. The summed E-state index contributed by atoms with van der Waals surface area (Å²) in [6, 6.07) is 14.0. The van der Waals surface area contributed by atoms with E-state index >= 15 is 0 Å². The van der Waals surface area contributed by atoms with Gasteiger partial charge in [-0.3, -0.25) is 4.98 Å². The maximum Gasteiger partial charge on any atom is 0.0521 e. The van der Waals surface area contributed by atoms with Crippen molar-refractivity contribution in [2.24, 2.45) is 0 Å². The number of aromatic nitrogens is 1. The standard InChI is InChI=1S/C16H20N2O/c17-15-8-6-14(7-9-15)4-3-12-19-13-10-16-5-1-2-11-18-16/h1-2,5-9,11H,3-4,10,12-13,17H2. The minimum Gasteiger partial charge on any atom is -0.399 e. The lowest BCUT2D eigenvalue weighted by Crippen LogP contribution is -2.02. The van der Waals surface area contributed by atoms with Crippen molar-refractivity contribution in [3.63, 3.8) is 0 Å². The Morgan fingerprint density at radius 3 is 2.53 bits per heavy atom. The summed E-state index contributed by atoms with van der Waals surface area (Å²) in [6.45, 7) is 1.52. The highest BCUT2D eigenvalue weighted by atomic mass is 16.5. The molecule has 0 fully saturated rings. The van der Waals surface area contributed by atoms with Crippen LogP contribution in [-0.2, 0) is 17.6 Å². The minimum atomic E-state index is 0.735. The molecule has 19 heavy (non-hydrogen) atoms. The summed E-state index contributed by atoms with van der Waals surface area (Å²) in [5.74, 6) is 0. The summed E-state index contributed by atoms with van der Waals surface area (Å²) in [5, 5.41) is 0. The largest absolute Gasteiger partial charge is 0.399 e. The summed E-state index contributed by atoms with van der Waals surface area (Å²) in [5.41, 5.74) is 8.85. The monoisotopic (exact) mass is 256 g/mol. The molecule has 3 heteroatoms. The highest BCUT2D eigenvalue weighted by Crippen LogP contribution is 2.07. The van der Waals surface area contributed by atoms with Gasteiger partial charge >= 0.3 is 0 Å². The second kappa shape index (κ2) is 7.54. The number of nitrogens with zero attached hydrogens (tertiary/aromatic N) is 1. The molecule has 0 amide bonds. The molecule has 0 aliphatic heterocycles. The number of aryl methyl sites for hydroxylation is 1. The Morgan fingerprint density at radius 2 is 1.79 bits per heavy atom. The van der Waals surface area contributed by atoms with Crippen LogP contribution in [0.15, 0.2) is 48.7 Å². The van der Waals surface area contributed by atoms with Gasteiger partial charge in [-0.25, -0.2) is 0 Å². The molecule has 0 saturated carbocycles. The molecule has 0 aliphatic rings. The molecule has 100 valence electrons. The van der Waals surface area contributed by atoms with E-state index in [0.29, 0.717) is 0 Å². The summed E-state index contributed by atoms with van der Waals surface area (Å²) < 4.78 is 5.62. The number of pyridine rings is 1. The Bertz CT molecular complexity index is 468. The van der Waals surface area contributed by atoms with Crippen molar-refractivity contribution in [1.29, 1.82) is 0 Å². The normalized spacial score (nSPS) is 10.5. The van der Waals surface area contributed by atoms with E-state index in [-0.39, 0.29) is 0 Å². The van der Waals surface area contributed by atoms with Gasteiger partial charge in [0, 0.05) is 30.6 Å². The van der Waals surface area contributed by atoms with Crippen molar-refractivity contribution >= 4 is 5.69 Å². The Hall–Kier alpha value is -1.87. The van der Waals surface area contributed by atoms with Gasteiger partial charge in [-0.2, -0.15) is 0 Å². The topological polar surface area (TPSA) is 48.1 Å². The summed E-state index contributed by atoms with van der Waals surface area (Å²) in [6.07, 6.45) is 4.76. The zero-order chi connectivity index (χ0) is 13.3. The van der Waals surface area contributed by atoms with E-state index in [1.807, 2.05) is 36.5 Å². The molecular weight excluding hydrogens is 236 g/mol. The number of nitrogen functional groups attached to an aromatic ring is 1. The van der Waals surface area contributed by atoms with E-state index < -0.39 is 0 Å². The van der Waals surface area contributed by atoms with E-state index in [2.05, 4.69) is 17.1 Å². The number of rotatable bonds is 7. The van der Waals surface area contributed by atoms with Crippen LogP contribution in [0, 0.1) is 0 Å². The molecule has 0 saturated heterocycles. The fourth-order valence-corrected chi connectivity index (χ4v) is 1.89. The van der Waals surface area contributed by atoms with Gasteiger partial charge < -0.3 is 10.5 Å². The van der Waals surface area contributed by atoms with Crippen molar-refractivity contribution in [3.8, 4) is 0 Å². The van der Waals surface area contributed by atoms with Gasteiger partial charge in [0.2, 0.25) is 0 Å². The quantitative estimate of drug-likeness (QED) is 0.612. The van der Waals surface area contributed by atoms with E-state index in [1.54, 1.807) is 0 Å². The van der Waals surface area contributed by atoms with E-state index in [1.165, 1.54) is 5.56 Å². The number of nitrogens with two attached hydrogens (primary N) is 1. The molecule has 3 nitrogen and oxygen atoms in total. The predicted molar refractivity (Wildman–Crippen MR) is 77.9 cm³/mol. The zero-order valence-electron chi connectivity index (χ0n) is 11.1. The van der Waals surface area contributed by atoms with Crippen LogP contribution in [0.5, 0.6) is 0 Å². The van der Waals surface area contributed by atoms with Crippen LogP contribution in [0.3, 0.4) is 0 Å². The van der Waals surface area contributed by atoms with Gasteiger partial charge in [0.25, 0.3) is 0 Å². The molecule has 0 unspecified atom stereocenters. The van der Waals surface area contributed by atoms with Gasteiger partial charge in [0.05, 0.1) is 6.61 Å². The van der Waals surface area contributed by atoms with Crippen LogP contribution < -0.4 is 5.73 Å². The molecule has 1 aromatic carbocycles. The predicted octanol–water partition coefficient (Wildman–Crippen LogP) is 2.86. The minimum absolute atomic E-state index is 0.735. The molecule has 0 bridgehead atoms. The fraction of sp³-hybridized carbons (Fsp3) is 0.312. The summed E-state index contributed by atoms with van der Waals surface area (Å²) >= 11 is 0. The first-order valence-electron chi connectivity index (χ1n) is 6.66. The van der Waals surface area contributed by atoms with Crippen molar-refractivity contribution in [1.82, 2.24) is 4.98 Å². The highest BCUT2D eigenvalue weighted by Gasteiger charge is 1.96. The molecule has 2 aromatic rings. The average Bonchev–Trinajstić information content (AvgIpc) is 2.46. The van der Waals surface area contributed by atoms with E-state index in [4.69, 9.17) is 10.5 Å². The molecule has 0 radical (unpaired) electrons. The van der Waals surface area contributed by atoms with Gasteiger partial charge in [-0.05, 0) is 42.7 Å².